The molecular weight excluding hydrogens is 308 g/mol. The maximum absolute atomic E-state index is 5.67. The normalized spacial score (nSPS) is 10.8. The monoisotopic (exact) mass is 328 g/mol. The second kappa shape index (κ2) is 7.18. The summed E-state index contributed by atoms with van der Waals surface area (Å²) < 4.78 is 16.5. The molecule has 0 spiro atoms. The number of ether oxygens (including phenoxy) is 3. The van der Waals surface area contributed by atoms with Crippen molar-refractivity contribution in [2.24, 2.45) is 5.73 Å². The second-order valence-corrected chi connectivity index (χ2v) is 5.05. The molecule has 2 N–H and O–H groups in total. The molecule has 0 saturated carbocycles. The maximum Gasteiger partial charge on any atom is 0.163 e. The lowest BCUT2D eigenvalue weighted by Crippen LogP contribution is -2.11. The predicted octanol–water partition coefficient (Wildman–Crippen LogP) is 2.17. The van der Waals surface area contributed by atoms with E-state index in [2.05, 4.69) is 10.2 Å². The summed E-state index contributed by atoms with van der Waals surface area (Å²) >= 11 is 0. The Labute approximate surface area is 139 Å². The molecule has 3 aromatic rings. The van der Waals surface area contributed by atoms with Crippen molar-refractivity contribution in [3.8, 4) is 22.9 Å². The smallest absolute Gasteiger partial charge is 0.163 e. The van der Waals surface area contributed by atoms with Gasteiger partial charge in [-0.25, -0.2) is 0 Å². The van der Waals surface area contributed by atoms with Gasteiger partial charge in [-0.3, -0.25) is 0 Å². The number of hydrogen-bond acceptors (Lipinski definition) is 6. The van der Waals surface area contributed by atoms with E-state index in [4.69, 9.17) is 19.9 Å². The van der Waals surface area contributed by atoms with Crippen molar-refractivity contribution in [2.75, 3.05) is 26.9 Å². The van der Waals surface area contributed by atoms with Gasteiger partial charge in [-0.15, -0.1) is 10.2 Å². The molecule has 0 aliphatic carbocycles. The van der Waals surface area contributed by atoms with E-state index in [9.17, 15) is 0 Å². The average molecular weight is 328 g/mol. The van der Waals surface area contributed by atoms with E-state index >= 15 is 0 Å². The zero-order valence-electron chi connectivity index (χ0n) is 13.7. The van der Waals surface area contributed by atoms with Crippen molar-refractivity contribution < 1.29 is 14.2 Å². The first-order valence-electron chi connectivity index (χ1n) is 7.76. The number of nitrogens with two attached hydrogens (primary N) is 1. The van der Waals surface area contributed by atoms with E-state index in [-0.39, 0.29) is 0 Å². The minimum Gasteiger partial charge on any atom is -0.497 e. The van der Waals surface area contributed by atoms with Crippen LogP contribution < -0.4 is 19.9 Å². The molecule has 0 bridgehead atoms. The zero-order chi connectivity index (χ0) is 16.9. The number of benzene rings is 2. The number of fused-ring (bicyclic) bond motifs is 1. The molecule has 0 aliphatic heterocycles. The van der Waals surface area contributed by atoms with Crippen LogP contribution >= 0.6 is 0 Å². The minimum atomic E-state index is 0.412. The van der Waals surface area contributed by atoms with E-state index in [1.54, 1.807) is 11.9 Å². The van der Waals surface area contributed by atoms with Crippen LogP contribution in [0.5, 0.6) is 17.2 Å². The highest BCUT2D eigenvalue weighted by atomic mass is 16.5. The van der Waals surface area contributed by atoms with Crippen LogP contribution in [0, 0.1) is 0 Å². The fourth-order valence-corrected chi connectivity index (χ4v) is 2.31. The molecule has 7 heteroatoms. The predicted molar refractivity (Wildman–Crippen MR) is 91.1 cm³/mol. The molecule has 7 nitrogen and oxygen atoms in total. The van der Waals surface area contributed by atoms with Gasteiger partial charge in [0.05, 0.1) is 19.4 Å². The number of hydrogen-bond donors (Lipinski definition) is 1. The van der Waals surface area contributed by atoms with Gasteiger partial charge < -0.3 is 19.9 Å². The number of nitrogens with zero attached hydrogens (tertiary/aromatic N) is 3. The molecule has 24 heavy (non-hydrogen) atoms. The molecule has 0 unspecified atom stereocenters. The first kappa shape index (κ1) is 16.1. The summed E-state index contributed by atoms with van der Waals surface area (Å²) in [5.74, 6) is 2.04. The Balaban J connectivity index is 1.98. The highest BCUT2D eigenvalue weighted by Gasteiger charge is 2.11. The van der Waals surface area contributed by atoms with Crippen LogP contribution in [0.3, 0.4) is 0 Å². The molecule has 0 saturated heterocycles. The number of rotatable bonds is 7. The zero-order valence-corrected chi connectivity index (χ0v) is 13.7. The molecule has 2 aromatic carbocycles. The maximum atomic E-state index is 5.67. The molecule has 0 aliphatic rings. The van der Waals surface area contributed by atoms with Crippen molar-refractivity contribution in [3.05, 3.63) is 36.4 Å². The molecule has 3 rings (SSSR count). The highest BCUT2D eigenvalue weighted by molar-refractivity contribution is 5.75. The topological polar surface area (TPSA) is 84.4 Å². The molecule has 0 radical (unpaired) electrons. The Bertz CT molecular complexity index is 832. The van der Waals surface area contributed by atoms with Gasteiger partial charge in [0, 0.05) is 18.7 Å². The Kier molecular flexibility index (Phi) is 4.81. The molecule has 0 fully saturated rings. The van der Waals surface area contributed by atoms with Gasteiger partial charge in [-0.2, -0.15) is 4.80 Å². The van der Waals surface area contributed by atoms with Gasteiger partial charge in [0.15, 0.2) is 11.5 Å². The van der Waals surface area contributed by atoms with Crippen molar-refractivity contribution >= 4 is 11.0 Å². The van der Waals surface area contributed by atoms with Crippen molar-refractivity contribution in [2.45, 2.75) is 6.92 Å². The molecule has 0 atom stereocenters. The summed E-state index contributed by atoms with van der Waals surface area (Å²) in [6.07, 6.45) is 0. The van der Waals surface area contributed by atoms with E-state index in [0.29, 0.717) is 31.3 Å². The molecule has 0 amide bonds. The van der Waals surface area contributed by atoms with Crippen LogP contribution in [0.4, 0.5) is 0 Å². The van der Waals surface area contributed by atoms with Crippen LogP contribution in [0.15, 0.2) is 36.4 Å². The highest BCUT2D eigenvalue weighted by Crippen LogP contribution is 2.30. The Hall–Kier alpha value is -2.80. The summed E-state index contributed by atoms with van der Waals surface area (Å²) in [7, 11) is 1.62. The van der Waals surface area contributed by atoms with Gasteiger partial charge in [-0.1, -0.05) is 0 Å². The van der Waals surface area contributed by atoms with Crippen molar-refractivity contribution in [3.63, 3.8) is 0 Å². The van der Waals surface area contributed by atoms with Crippen LogP contribution in [0.1, 0.15) is 6.92 Å². The molecule has 1 heterocycles. The third-order valence-electron chi connectivity index (χ3n) is 3.42. The van der Waals surface area contributed by atoms with Crippen LogP contribution in [-0.2, 0) is 0 Å². The third kappa shape index (κ3) is 3.26. The quantitative estimate of drug-likeness (QED) is 0.715. The van der Waals surface area contributed by atoms with E-state index in [0.717, 1.165) is 22.5 Å². The summed E-state index contributed by atoms with van der Waals surface area (Å²) in [5, 5.41) is 8.98. The van der Waals surface area contributed by atoms with E-state index in [1.807, 2.05) is 43.3 Å². The molecular formula is C17H20N4O3. The van der Waals surface area contributed by atoms with Gasteiger partial charge in [0.2, 0.25) is 0 Å². The second-order valence-electron chi connectivity index (χ2n) is 5.05. The van der Waals surface area contributed by atoms with Gasteiger partial charge >= 0.3 is 0 Å². The summed E-state index contributed by atoms with van der Waals surface area (Å²) in [4.78, 5) is 1.56. The van der Waals surface area contributed by atoms with Crippen molar-refractivity contribution in [1.82, 2.24) is 15.0 Å². The van der Waals surface area contributed by atoms with Gasteiger partial charge in [0.25, 0.3) is 0 Å². The first-order valence-corrected chi connectivity index (χ1v) is 7.76. The Morgan fingerprint density at radius 2 is 1.83 bits per heavy atom. The lowest BCUT2D eigenvalue weighted by molar-refractivity contribution is 0.282. The lowest BCUT2D eigenvalue weighted by Gasteiger charge is -2.12. The van der Waals surface area contributed by atoms with E-state index < -0.39 is 0 Å². The van der Waals surface area contributed by atoms with E-state index in [1.165, 1.54) is 0 Å². The Morgan fingerprint density at radius 1 is 1.00 bits per heavy atom. The lowest BCUT2D eigenvalue weighted by atomic mass is 10.3. The Morgan fingerprint density at radius 3 is 2.58 bits per heavy atom. The van der Waals surface area contributed by atoms with Crippen molar-refractivity contribution in [1.29, 1.82) is 0 Å². The van der Waals surface area contributed by atoms with Crippen LogP contribution in [0.25, 0.3) is 16.7 Å². The minimum absolute atomic E-state index is 0.412. The fraction of sp³-hybridized carbons (Fsp3) is 0.294. The summed E-state index contributed by atoms with van der Waals surface area (Å²) in [5.41, 5.74) is 7.84. The SMILES string of the molecule is CCOc1ccc(-n2nc3ccc(OC)cc3n2)cc1OCCN. The molecule has 1 aromatic heterocycles. The van der Waals surface area contributed by atoms with Crippen LogP contribution in [0.2, 0.25) is 0 Å². The number of aromatic nitrogens is 3. The summed E-state index contributed by atoms with van der Waals surface area (Å²) in [6, 6.07) is 11.2. The van der Waals surface area contributed by atoms with Crippen LogP contribution in [-0.4, -0.2) is 41.9 Å². The standard InChI is InChI=1S/C17H20N4O3/c1-3-23-16-7-4-12(10-17(16)24-9-8-18)21-19-14-6-5-13(22-2)11-15(14)20-21/h4-7,10-11H,3,8-9,18H2,1-2H3. The molecule has 126 valence electrons. The first-order chi connectivity index (χ1) is 11.7. The number of methoxy groups -OCH3 is 1. The summed E-state index contributed by atoms with van der Waals surface area (Å²) in [6.45, 7) is 3.33. The van der Waals surface area contributed by atoms with Gasteiger partial charge in [-0.05, 0) is 31.2 Å². The fourth-order valence-electron chi connectivity index (χ4n) is 2.31. The third-order valence-corrected chi connectivity index (χ3v) is 3.42. The largest absolute Gasteiger partial charge is 0.497 e. The van der Waals surface area contributed by atoms with Gasteiger partial charge in [0.1, 0.15) is 23.4 Å². The average Bonchev–Trinajstić information content (AvgIpc) is 3.04.